The number of amides is 3. The molecule has 0 saturated carbocycles. The van der Waals surface area contributed by atoms with Gasteiger partial charge in [0.2, 0.25) is 17.7 Å². The number of aliphatic carboxylic acids is 1. The predicted octanol–water partition coefficient (Wildman–Crippen LogP) is -2.18. The Morgan fingerprint density at radius 1 is 1.19 bits per heavy atom. The fraction of sp³-hybridized carbons (Fsp3) is 0.632. The molecule has 4 atom stereocenters. The number of likely N-dealkylation sites (tertiary alicyclic amines) is 2. The van der Waals surface area contributed by atoms with Crippen LogP contribution in [0.15, 0.2) is 12.5 Å². The summed E-state index contributed by atoms with van der Waals surface area (Å²) in [5.74, 6) is -2.58. The molecule has 0 radical (unpaired) electrons. The molecule has 2 fully saturated rings. The SMILES string of the molecule is NC(CO)C(=O)N1CCCC1C(=O)N1CCCC1C(=O)NC(Cc1cnc[nH]1)C(=O)O. The second-order valence-corrected chi connectivity index (χ2v) is 7.85. The maximum absolute atomic E-state index is 13.2. The summed E-state index contributed by atoms with van der Waals surface area (Å²) in [5.41, 5.74) is 6.20. The van der Waals surface area contributed by atoms with Crippen molar-refractivity contribution in [3.8, 4) is 0 Å². The Bertz CT molecular complexity index is 815. The van der Waals surface area contributed by atoms with Crippen LogP contribution in [0.2, 0.25) is 0 Å². The fourth-order valence-corrected chi connectivity index (χ4v) is 4.16. The number of aliphatic hydroxyl groups is 1. The number of nitrogens with zero attached hydrogens (tertiary/aromatic N) is 3. The van der Waals surface area contributed by atoms with E-state index in [1.807, 2.05) is 0 Å². The highest BCUT2D eigenvalue weighted by molar-refractivity contribution is 5.94. The molecule has 3 heterocycles. The van der Waals surface area contributed by atoms with Gasteiger partial charge < -0.3 is 36.0 Å². The zero-order valence-corrected chi connectivity index (χ0v) is 17.1. The van der Waals surface area contributed by atoms with Crippen molar-refractivity contribution >= 4 is 23.7 Å². The van der Waals surface area contributed by atoms with E-state index in [1.54, 1.807) is 0 Å². The summed E-state index contributed by atoms with van der Waals surface area (Å²) in [4.78, 5) is 59.5. The van der Waals surface area contributed by atoms with Crippen molar-refractivity contribution in [1.29, 1.82) is 0 Å². The molecule has 1 aromatic rings. The molecule has 0 spiro atoms. The number of rotatable bonds is 8. The Morgan fingerprint density at radius 3 is 2.48 bits per heavy atom. The van der Waals surface area contributed by atoms with Gasteiger partial charge in [0.1, 0.15) is 24.2 Å². The summed E-state index contributed by atoms with van der Waals surface area (Å²) < 4.78 is 0. The standard InChI is InChI=1S/C19H28N6O6/c20-12(9-26)17(28)25-6-2-4-15(25)18(29)24-5-1-3-14(24)16(27)23-13(19(30)31)7-11-8-21-10-22-11/h8,10,12-15,26H,1-7,9,20H2,(H,21,22)(H,23,27)(H,30,31). The van der Waals surface area contributed by atoms with Gasteiger partial charge >= 0.3 is 5.97 Å². The average Bonchev–Trinajstić information content (AvgIpc) is 3.52. The molecule has 4 unspecified atom stereocenters. The molecule has 0 bridgehead atoms. The Morgan fingerprint density at radius 2 is 1.87 bits per heavy atom. The van der Waals surface area contributed by atoms with Crippen molar-refractivity contribution in [2.75, 3.05) is 19.7 Å². The number of aliphatic hydroxyl groups excluding tert-OH is 1. The summed E-state index contributed by atoms with van der Waals surface area (Å²) in [7, 11) is 0. The Labute approximate surface area is 178 Å². The molecule has 12 heteroatoms. The molecule has 2 aliphatic rings. The molecular weight excluding hydrogens is 408 g/mol. The highest BCUT2D eigenvalue weighted by Crippen LogP contribution is 2.25. The van der Waals surface area contributed by atoms with Crippen molar-refractivity contribution < 1.29 is 29.4 Å². The maximum atomic E-state index is 13.2. The van der Waals surface area contributed by atoms with Gasteiger partial charge in [-0.05, 0) is 25.7 Å². The van der Waals surface area contributed by atoms with Gasteiger partial charge in [-0.2, -0.15) is 0 Å². The van der Waals surface area contributed by atoms with Crippen LogP contribution in [0, 0.1) is 0 Å². The first kappa shape index (κ1) is 22.7. The van der Waals surface area contributed by atoms with Crippen LogP contribution in [-0.4, -0.2) is 97.5 Å². The molecule has 2 saturated heterocycles. The Kier molecular flexibility index (Phi) is 7.23. The molecule has 6 N–H and O–H groups in total. The third-order valence-corrected chi connectivity index (χ3v) is 5.77. The summed E-state index contributed by atoms with van der Waals surface area (Å²) in [6.45, 7) is 0.191. The number of nitrogens with one attached hydrogen (secondary N) is 2. The molecule has 0 aliphatic carbocycles. The van der Waals surface area contributed by atoms with Gasteiger partial charge in [0.25, 0.3) is 0 Å². The average molecular weight is 436 g/mol. The second-order valence-electron chi connectivity index (χ2n) is 7.85. The number of aromatic amines is 1. The normalized spacial score (nSPS) is 22.9. The van der Waals surface area contributed by atoms with E-state index < -0.39 is 48.6 Å². The zero-order chi connectivity index (χ0) is 22.5. The van der Waals surface area contributed by atoms with Crippen molar-refractivity contribution in [3.63, 3.8) is 0 Å². The first-order chi connectivity index (χ1) is 14.8. The molecule has 3 rings (SSSR count). The molecule has 1 aromatic heterocycles. The first-order valence-electron chi connectivity index (χ1n) is 10.3. The largest absolute Gasteiger partial charge is 0.480 e. The van der Waals surface area contributed by atoms with Gasteiger partial charge in [0, 0.05) is 31.4 Å². The number of imidazole rings is 1. The third-order valence-electron chi connectivity index (χ3n) is 5.77. The number of hydrogen-bond donors (Lipinski definition) is 5. The van der Waals surface area contributed by atoms with Gasteiger partial charge in [-0.15, -0.1) is 0 Å². The van der Waals surface area contributed by atoms with E-state index in [4.69, 9.17) is 10.8 Å². The molecule has 3 amide bonds. The van der Waals surface area contributed by atoms with E-state index in [0.29, 0.717) is 44.5 Å². The smallest absolute Gasteiger partial charge is 0.326 e. The van der Waals surface area contributed by atoms with Crippen molar-refractivity contribution in [2.24, 2.45) is 5.73 Å². The van der Waals surface area contributed by atoms with Crippen LogP contribution in [0.4, 0.5) is 0 Å². The third kappa shape index (κ3) is 5.02. The lowest BCUT2D eigenvalue weighted by Gasteiger charge is -2.32. The maximum Gasteiger partial charge on any atom is 0.326 e. The topological polar surface area (TPSA) is 182 Å². The van der Waals surface area contributed by atoms with Gasteiger partial charge in [-0.25, -0.2) is 9.78 Å². The van der Waals surface area contributed by atoms with Crippen molar-refractivity contribution in [1.82, 2.24) is 25.1 Å². The second kappa shape index (κ2) is 9.88. The molecule has 12 nitrogen and oxygen atoms in total. The van der Waals surface area contributed by atoms with Gasteiger partial charge in [0.05, 0.1) is 12.9 Å². The summed E-state index contributed by atoms with van der Waals surface area (Å²) in [6.07, 6.45) is 5.01. The molecule has 2 aliphatic heterocycles. The number of H-pyrrole nitrogens is 1. The number of hydrogen-bond acceptors (Lipinski definition) is 7. The van der Waals surface area contributed by atoms with Crippen molar-refractivity contribution in [3.05, 3.63) is 18.2 Å². The number of nitrogens with two attached hydrogens (primary N) is 1. The van der Waals surface area contributed by atoms with E-state index in [2.05, 4.69) is 15.3 Å². The Balaban J connectivity index is 1.67. The molecule has 31 heavy (non-hydrogen) atoms. The lowest BCUT2D eigenvalue weighted by atomic mass is 10.1. The van der Waals surface area contributed by atoms with E-state index in [0.717, 1.165) is 0 Å². The Hall–Kier alpha value is -2.99. The molecular formula is C19H28N6O6. The van der Waals surface area contributed by atoms with Crippen LogP contribution < -0.4 is 11.1 Å². The first-order valence-corrected chi connectivity index (χ1v) is 10.3. The monoisotopic (exact) mass is 436 g/mol. The minimum atomic E-state index is -1.19. The van der Waals surface area contributed by atoms with Crippen LogP contribution in [0.1, 0.15) is 31.4 Å². The minimum Gasteiger partial charge on any atom is -0.480 e. The van der Waals surface area contributed by atoms with E-state index in [9.17, 15) is 24.3 Å². The van der Waals surface area contributed by atoms with Gasteiger partial charge in [-0.3, -0.25) is 14.4 Å². The highest BCUT2D eigenvalue weighted by atomic mass is 16.4. The number of carbonyl (C=O) groups excluding carboxylic acids is 3. The lowest BCUT2D eigenvalue weighted by molar-refractivity contribution is -0.148. The van der Waals surface area contributed by atoms with Gasteiger partial charge in [-0.1, -0.05) is 0 Å². The number of carboxylic acid groups (broad SMARTS) is 1. The predicted molar refractivity (Wildman–Crippen MR) is 106 cm³/mol. The highest BCUT2D eigenvalue weighted by Gasteiger charge is 2.43. The van der Waals surface area contributed by atoms with Crippen LogP contribution >= 0.6 is 0 Å². The quantitative estimate of drug-likeness (QED) is 0.305. The number of carboxylic acids is 1. The lowest BCUT2D eigenvalue weighted by Crippen LogP contribution is -2.56. The van der Waals surface area contributed by atoms with E-state index in [-0.39, 0.29) is 12.3 Å². The van der Waals surface area contributed by atoms with E-state index >= 15 is 0 Å². The van der Waals surface area contributed by atoms with Crippen molar-refractivity contribution in [2.45, 2.75) is 56.3 Å². The molecule has 170 valence electrons. The zero-order valence-electron chi connectivity index (χ0n) is 17.1. The minimum absolute atomic E-state index is 0.0334. The van der Waals surface area contributed by atoms with Gasteiger partial charge in [0.15, 0.2) is 0 Å². The van der Waals surface area contributed by atoms with Crippen LogP contribution in [0.3, 0.4) is 0 Å². The van der Waals surface area contributed by atoms with Crippen LogP contribution in [0.5, 0.6) is 0 Å². The van der Waals surface area contributed by atoms with E-state index in [1.165, 1.54) is 22.3 Å². The van der Waals surface area contributed by atoms with Crippen LogP contribution in [-0.2, 0) is 25.6 Å². The van der Waals surface area contributed by atoms with Crippen LogP contribution in [0.25, 0.3) is 0 Å². The summed E-state index contributed by atoms with van der Waals surface area (Å²) in [6, 6.07) is -3.80. The fourth-order valence-electron chi connectivity index (χ4n) is 4.16. The summed E-state index contributed by atoms with van der Waals surface area (Å²) >= 11 is 0. The molecule has 0 aromatic carbocycles. The number of carbonyl (C=O) groups is 4. The number of aromatic nitrogens is 2. The summed E-state index contributed by atoms with van der Waals surface area (Å²) in [5, 5.41) is 21.2.